The maximum absolute atomic E-state index is 14.5. The molecule has 0 saturated carbocycles. The average Bonchev–Trinajstić information content (AvgIpc) is 4.10. The van der Waals surface area contributed by atoms with E-state index in [1.165, 1.54) is 0 Å². The zero-order valence-electron chi connectivity index (χ0n) is 48.4. The van der Waals surface area contributed by atoms with Crippen LogP contribution in [0.1, 0.15) is 153 Å². The lowest BCUT2D eigenvalue weighted by atomic mass is 9.81. The van der Waals surface area contributed by atoms with Crippen molar-refractivity contribution in [2.24, 2.45) is 11.8 Å². The number of aliphatic hydroxyl groups is 1. The molecule has 74 heavy (non-hydrogen) atoms. The summed E-state index contributed by atoms with van der Waals surface area (Å²) in [6, 6.07) is 9.41. The van der Waals surface area contributed by atoms with Crippen molar-refractivity contribution in [3.05, 3.63) is 36.5 Å². The molecule has 12 nitrogen and oxygen atoms in total. The molecule has 0 aromatic carbocycles. The van der Waals surface area contributed by atoms with Crippen LogP contribution in [0.5, 0.6) is 0 Å². The second kappa shape index (κ2) is 29.5. The molecule has 0 aromatic rings. The fourth-order valence-electron chi connectivity index (χ4n) is 13.7. The number of ketones is 1. The Balaban J connectivity index is 1.31. The Hall–Kier alpha value is -0.899. The minimum atomic E-state index is -2.12. The number of carbonyl (C=O) groups excluding carboxylic acids is 1. The van der Waals surface area contributed by atoms with E-state index in [0.717, 1.165) is 104 Å². The Labute approximate surface area is 452 Å². The van der Waals surface area contributed by atoms with Crippen molar-refractivity contribution in [2.75, 3.05) is 26.9 Å². The molecular weight excluding hydrogens is 985 g/mol. The van der Waals surface area contributed by atoms with Gasteiger partial charge in [0.25, 0.3) is 0 Å². The first kappa shape index (κ1) is 62.3. The number of methoxy groups -OCH3 is 1. The lowest BCUT2D eigenvalue weighted by molar-refractivity contribution is -0.207. The predicted molar refractivity (Wildman–Crippen MR) is 303 cm³/mol. The third-order valence-corrected chi connectivity index (χ3v) is 33.4. The first-order valence-electron chi connectivity index (χ1n) is 30.2. The summed E-state index contributed by atoms with van der Waals surface area (Å²) in [5.41, 5.74) is 2.26. The fourth-order valence-corrected chi connectivity index (χ4v) is 22.1. The molecule has 5 saturated heterocycles. The largest absolute Gasteiger partial charge is 0.414 e. The van der Waals surface area contributed by atoms with Crippen molar-refractivity contribution >= 4 is 30.7 Å². The summed E-state index contributed by atoms with van der Waals surface area (Å²) in [4.78, 5) is 14.5. The molecule has 0 aliphatic carbocycles. The van der Waals surface area contributed by atoms with Crippen LogP contribution >= 0.6 is 0 Å². The first-order chi connectivity index (χ1) is 35.6. The molecule has 16 atom stereocenters. The van der Waals surface area contributed by atoms with Gasteiger partial charge in [-0.2, -0.15) is 0 Å². The van der Waals surface area contributed by atoms with Gasteiger partial charge in [-0.05, 0) is 123 Å². The van der Waals surface area contributed by atoms with Gasteiger partial charge >= 0.3 is 0 Å². The quantitative estimate of drug-likeness (QED) is 0.0920. The van der Waals surface area contributed by atoms with Crippen LogP contribution in [0.2, 0.25) is 54.4 Å². The maximum atomic E-state index is 14.5. The van der Waals surface area contributed by atoms with Gasteiger partial charge in [0.2, 0.25) is 0 Å². The molecule has 6 heterocycles. The molecule has 6 aliphatic heterocycles. The average molecular weight is 1090 g/mol. The molecule has 6 aliphatic rings. The second-order valence-corrected chi connectivity index (χ2v) is 37.6. The summed E-state index contributed by atoms with van der Waals surface area (Å²) in [5, 5.41) is 11.1. The van der Waals surface area contributed by atoms with Crippen molar-refractivity contribution in [1.29, 1.82) is 0 Å². The van der Waals surface area contributed by atoms with Crippen LogP contribution in [0, 0.1) is 11.8 Å². The normalized spacial score (nSPS) is 36.4. The van der Waals surface area contributed by atoms with Crippen molar-refractivity contribution in [3.8, 4) is 0 Å². The molecule has 6 unspecified atom stereocenters. The molecule has 15 heteroatoms. The molecular formula is C59H106O12Si3. The first-order valence-corrected chi connectivity index (χ1v) is 37.8. The van der Waals surface area contributed by atoms with Crippen LogP contribution in [0.15, 0.2) is 36.5 Å². The Morgan fingerprint density at radius 2 is 1.35 bits per heavy atom. The summed E-state index contributed by atoms with van der Waals surface area (Å²) in [6.45, 7) is 33.6. The van der Waals surface area contributed by atoms with Crippen LogP contribution in [0.3, 0.4) is 0 Å². The van der Waals surface area contributed by atoms with E-state index in [-0.39, 0.29) is 97.3 Å². The standard InChI is InChI=1S/C59H106O12Si3/c1-14-72(15-2,16-3)65-40-47(70-73(17-4,18-5)19-6)37-55-57(62-13)48-36-44(60)26-23-24-28-51-59(71-74(20-7,21-8)22-9)54(39-56(68-51)58-49(61)31-33-64-58)63-32-25-27-45-35-42(11)50(66-45)30-29-46-34-41(10)43(12)52(67-46)38-53(48)69-55/h23-24,41,45-59,61H,11-12,14-22,25-40H2,1-10,13H3/b24-23+/t41-,45+,46?,47?,48+,49-,50?,51?,52-,53?,54-,55-,56-,57-,58+,59?/m1/s1. The monoisotopic (exact) mass is 1090 g/mol. The third-order valence-electron chi connectivity index (χ3n) is 19.4. The summed E-state index contributed by atoms with van der Waals surface area (Å²) < 4.78 is 69.4. The Kier molecular flexibility index (Phi) is 24.9. The van der Waals surface area contributed by atoms with Gasteiger partial charge in [0.1, 0.15) is 11.9 Å². The molecule has 0 amide bonds. The summed E-state index contributed by atoms with van der Waals surface area (Å²) in [7, 11) is -4.29. The predicted octanol–water partition coefficient (Wildman–Crippen LogP) is 12.6. The van der Waals surface area contributed by atoms with Gasteiger partial charge < -0.3 is 51.5 Å². The van der Waals surface area contributed by atoms with E-state index >= 15 is 0 Å². The van der Waals surface area contributed by atoms with E-state index in [4.69, 9.17) is 46.4 Å². The van der Waals surface area contributed by atoms with Crippen molar-refractivity contribution in [3.63, 3.8) is 0 Å². The molecule has 5 fully saturated rings. The molecule has 426 valence electrons. The number of rotatable bonds is 20. The fraction of sp³-hybridized carbons (Fsp3) is 0.881. The van der Waals surface area contributed by atoms with Gasteiger partial charge in [0.15, 0.2) is 25.0 Å². The Morgan fingerprint density at radius 1 is 0.676 bits per heavy atom. The van der Waals surface area contributed by atoms with Crippen LogP contribution in [-0.2, 0) is 51.2 Å². The van der Waals surface area contributed by atoms with Gasteiger partial charge in [0.05, 0.1) is 86.0 Å². The highest BCUT2D eigenvalue weighted by Gasteiger charge is 2.51. The highest BCUT2D eigenvalue weighted by molar-refractivity contribution is 6.74. The highest BCUT2D eigenvalue weighted by Crippen LogP contribution is 2.43. The number of Topliss-reactive ketones (excluding diaryl/α,β-unsaturated/α-hetero) is 1. The van der Waals surface area contributed by atoms with E-state index < -0.39 is 37.2 Å². The van der Waals surface area contributed by atoms with E-state index in [1.54, 1.807) is 7.11 Å². The molecule has 6 rings (SSSR count). The van der Waals surface area contributed by atoms with Crippen molar-refractivity contribution in [2.45, 2.75) is 293 Å². The summed E-state index contributed by atoms with van der Waals surface area (Å²) >= 11 is 0. The molecule has 0 aromatic heterocycles. The maximum Gasteiger partial charge on any atom is 0.192 e. The number of hydrogen-bond acceptors (Lipinski definition) is 12. The van der Waals surface area contributed by atoms with Gasteiger partial charge in [-0.25, -0.2) is 0 Å². The smallest absolute Gasteiger partial charge is 0.192 e. The van der Waals surface area contributed by atoms with Crippen LogP contribution in [0.4, 0.5) is 0 Å². The number of aliphatic hydroxyl groups excluding tert-OH is 1. The lowest BCUT2D eigenvalue weighted by Gasteiger charge is -2.46. The van der Waals surface area contributed by atoms with Crippen LogP contribution in [-0.4, -0.2) is 148 Å². The Morgan fingerprint density at radius 3 is 1.99 bits per heavy atom. The third kappa shape index (κ3) is 15.7. The van der Waals surface area contributed by atoms with Crippen molar-refractivity contribution < 1.29 is 56.3 Å². The minimum Gasteiger partial charge on any atom is -0.414 e. The second-order valence-electron chi connectivity index (χ2n) is 23.4. The summed E-state index contributed by atoms with van der Waals surface area (Å²) in [5.74, 6) is 0.238. The van der Waals surface area contributed by atoms with Crippen LogP contribution < -0.4 is 0 Å². The number of fused-ring (bicyclic) bond motifs is 7. The molecule has 0 radical (unpaired) electrons. The zero-order chi connectivity index (χ0) is 53.6. The highest BCUT2D eigenvalue weighted by atomic mass is 28.4. The van der Waals surface area contributed by atoms with Gasteiger partial charge in [0, 0.05) is 58.3 Å². The van der Waals surface area contributed by atoms with E-state index in [9.17, 15) is 9.90 Å². The number of carbonyl (C=O) groups is 1. The van der Waals surface area contributed by atoms with E-state index in [0.29, 0.717) is 58.3 Å². The van der Waals surface area contributed by atoms with Crippen LogP contribution in [0.25, 0.3) is 0 Å². The topological polar surface area (TPSA) is 130 Å². The van der Waals surface area contributed by atoms with Gasteiger partial charge in [-0.3, -0.25) is 4.79 Å². The lowest BCUT2D eigenvalue weighted by Crippen LogP contribution is -2.58. The van der Waals surface area contributed by atoms with Crippen molar-refractivity contribution in [1.82, 2.24) is 0 Å². The molecule has 1 N–H and O–H groups in total. The number of allylic oxidation sites excluding steroid dienone is 1. The summed E-state index contributed by atoms with van der Waals surface area (Å²) in [6.07, 6.45) is 9.68. The van der Waals surface area contributed by atoms with Gasteiger partial charge in [-0.15, -0.1) is 0 Å². The van der Waals surface area contributed by atoms with E-state index in [2.05, 4.69) is 88.5 Å². The van der Waals surface area contributed by atoms with E-state index in [1.807, 2.05) is 6.08 Å². The molecule has 6 bridgehead atoms. The number of hydrogen-bond donors (Lipinski definition) is 1. The number of ether oxygens (including phenoxy) is 7. The minimum absolute atomic E-state index is 0.00418. The zero-order valence-corrected chi connectivity index (χ0v) is 51.4. The van der Waals surface area contributed by atoms with Gasteiger partial charge in [-0.1, -0.05) is 94.5 Å². The Bertz CT molecular complexity index is 1730. The molecule has 0 spiro atoms. The SMILES string of the molecule is C=C1C[C@@H]2CCCO[C@@H]3C[C@H]([C@H]4OCC[C@H]4O)OC(C/C=C/CC(=O)C[C@H]4C(C[C@H]5OC(CCC1O2)C[C@@H](C)C5=C)O[C@H](CC(CO[Si](CC)(CC)CC)O[Si](CC)(CC)CC)[C@@H]4OC)C3O[Si](CC)(CC)CC.